The van der Waals surface area contributed by atoms with Crippen LogP contribution in [-0.4, -0.2) is 35.7 Å². The molecule has 1 aliphatic heterocycles. The van der Waals surface area contributed by atoms with E-state index in [4.69, 9.17) is 14.6 Å². The molecule has 1 atom stereocenters. The Morgan fingerprint density at radius 2 is 1.71 bits per heavy atom. The normalized spacial score (nSPS) is 15.3. The molecule has 0 radical (unpaired) electrons. The first-order valence-electron chi connectivity index (χ1n) is 11.0. The number of carbonyl (C=O) groups excluding carboxylic acids is 1. The van der Waals surface area contributed by atoms with Gasteiger partial charge in [-0.1, -0.05) is 54.1 Å². The SMILES string of the molecule is COc1ccc([C@@H]2SCC(=O)Nc3c2c(-c2ccccc2)nn3-c2ccc(C)cc2)cc1OC. The van der Waals surface area contributed by atoms with E-state index in [-0.39, 0.29) is 11.2 Å². The molecule has 7 heteroatoms. The number of nitrogens with zero attached hydrogens (tertiary/aromatic N) is 2. The number of benzene rings is 3. The van der Waals surface area contributed by atoms with Crippen LogP contribution >= 0.6 is 11.8 Å². The third-order valence-electron chi connectivity index (χ3n) is 5.86. The molecule has 0 unspecified atom stereocenters. The van der Waals surface area contributed by atoms with Crippen LogP contribution in [0.5, 0.6) is 11.5 Å². The zero-order valence-electron chi connectivity index (χ0n) is 19.2. The molecule has 1 N–H and O–H groups in total. The Hall–Kier alpha value is -3.71. The number of rotatable bonds is 5. The van der Waals surface area contributed by atoms with Crippen molar-refractivity contribution in [3.8, 4) is 28.4 Å². The van der Waals surface area contributed by atoms with Crippen molar-refractivity contribution in [2.45, 2.75) is 12.2 Å². The van der Waals surface area contributed by atoms with Crippen molar-refractivity contribution < 1.29 is 14.3 Å². The maximum Gasteiger partial charge on any atom is 0.235 e. The molecule has 0 spiro atoms. The van der Waals surface area contributed by atoms with Gasteiger partial charge in [-0.15, -0.1) is 11.8 Å². The molecule has 0 saturated carbocycles. The van der Waals surface area contributed by atoms with Gasteiger partial charge < -0.3 is 14.8 Å². The number of aryl methyl sites for hydroxylation is 1. The monoisotopic (exact) mass is 471 g/mol. The van der Waals surface area contributed by atoms with Crippen molar-refractivity contribution in [3.63, 3.8) is 0 Å². The fraction of sp³-hybridized carbons (Fsp3) is 0.185. The smallest absolute Gasteiger partial charge is 0.235 e. The second kappa shape index (κ2) is 9.27. The number of hydrogen-bond donors (Lipinski definition) is 1. The van der Waals surface area contributed by atoms with Crippen molar-refractivity contribution in [2.75, 3.05) is 25.3 Å². The van der Waals surface area contributed by atoms with E-state index in [1.807, 2.05) is 84.4 Å². The second-order valence-corrected chi connectivity index (χ2v) is 9.17. The topological polar surface area (TPSA) is 65.4 Å². The Labute approximate surface area is 202 Å². The van der Waals surface area contributed by atoms with Gasteiger partial charge in [-0.2, -0.15) is 5.10 Å². The van der Waals surface area contributed by atoms with Crippen molar-refractivity contribution in [2.24, 2.45) is 0 Å². The predicted molar refractivity (Wildman–Crippen MR) is 136 cm³/mol. The molecule has 4 aromatic rings. The van der Waals surface area contributed by atoms with E-state index in [1.165, 1.54) is 0 Å². The lowest BCUT2D eigenvalue weighted by atomic mass is 9.99. The second-order valence-electron chi connectivity index (χ2n) is 8.08. The van der Waals surface area contributed by atoms with Gasteiger partial charge >= 0.3 is 0 Å². The number of thioether (sulfide) groups is 1. The first-order chi connectivity index (χ1) is 16.6. The van der Waals surface area contributed by atoms with Gasteiger partial charge in [-0.25, -0.2) is 4.68 Å². The maximum atomic E-state index is 12.8. The number of carbonyl (C=O) groups is 1. The highest BCUT2D eigenvalue weighted by atomic mass is 32.2. The average Bonchev–Trinajstić information content (AvgIpc) is 3.14. The van der Waals surface area contributed by atoms with Crippen LogP contribution in [0, 0.1) is 6.92 Å². The third kappa shape index (κ3) is 4.03. The Balaban J connectivity index is 1.76. The molecule has 0 fully saturated rings. The number of aromatic nitrogens is 2. The number of anilines is 1. The van der Waals surface area contributed by atoms with Crippen molar-refractivity contribution in [1.29, 1.82) is 0 Å². The van der Waals surface area contributed by atoms with E-state index in [2.05, 4.69) is 5.32 Å². The standard InChI is InChI=1S/C27H25N3O3S/c1-17-9-12-20(13-10-17)30-27-24(25(29-30)18-7-5-4-6-8-18)26(34-16-23(31)28-27)19-11-14-21(32-2)22(15-19)33-3/h4-15,26H,16H2,1-3H3,(H,28,31)/t26-/m0/s1. The Kier molecular flexibility index (Phi) is 6.02. The maximum absolute atomic E-state index is 12.8. The van der Waals surface area contributed by atoms with Gasteiger partial charge in [0.25, 0.3) is 0 Å². The zero-order valence-corrected chi connectivity index (χ0v) is 20.1. The van der Waals surface area contributed by atoms with E-state index < -0.39 is 0 Å². The first-order valence-corrected chi connectivity index (χ1v) is 12.0. The largest absolute Gasteiger partial charge is 0.493 e. The molecule has 1 amide bonds. The van der Waals surface area contributed by atoms with Crippen LogP contribution in [-0.2, 0) is 4.79 Å². The fourth-order valence-corrected chi connectivity index (χ4v) is 5.29. The molecule has 2 heterocycles. The van der Waals surface area contributed by atoms with Crippen LogP contribution in [0.15, 0.2) is 72.8 Å². The van der Waals surface area contributed by atoms with Gasteiger partial charge in [-0.3, -0.25) is 4.79 Å². The molecule has 3 aromatic carbocycles. The molecule has 6 nitrogen and oxygen atoms in total. The minimum Gasteiger partial charge on any atom is -0.493 e. The summed E-state index contributed by atoms with van der Waals surface area (Å²) in [4.78, 5) is 12.8. The summed E-state index contributed by atoms with van der Waals surface area (Å²) < 4.78 is 12.9. The lowest BCUT2D eigenvalue weighted by Crippen LogP contribution is -2.15. The molecule has 0 saturated heterocycles. The van der Waals surface area contributed by atoms with Crippen LogP contribution in [0.3, 0.4) is 0 Å². The van der Waals surface area contributed by atoms with Gasteiger partial charge in [0.05, 0.1) is 36.6 Å². The summed E-state index contributed by atoms with van der Waals surface area (Å²) in [6.45, 7) is 2.05. The van der Waals surface area contributed by atoms with Crippen LogP contribution in [0.1, 0.15) is 21.9 Å². The molecule has 172 valence electrons. The van der Waals surface area contributed by atoms with E-state index in [0.29, 0.717) is 23.1 Å². The summed E-state index contributed by atoms with van der Waals surface area (Å²) >= 11 is 1.58. The average molecular weight is 472 g/mol. The van der Waals surface area contributed by atoms with Gasteiger partial charge in [-0.05, 0) is 36.8 Å². The lowest BCUT2D eigenvalue weighted by Gasteiger charge is -2.18. The Morgan fingerprint density at radius 1 is 0.971 bits per heavy atom. The Morgan fingerprint density at radius 3 is 2.41 bits per heavy atom. The lowest BCUT2D eigenvalue weighted by molar-refractivity contribution is -0.113. The van der Waals surface area contributed by atoms with Gasteiger partial charge in [0.1, 0.15) is 5.82 Å². The van der Waals surface area contributed by atoms with Crippen LogP contribution in [0.4, 0.5) is 5.82 Å². The quantitative estimate of drug-likeness (QED) is 0.408. The highest BCUT2D eigenvalue weighted by Crippen LogP contribution is 2.48. The van der Waals surface area contributed by atoms with Crippen molar-refractivity contribution in [1.82, 2.24) is 9.78 Å². The van der Waals surface area contributed by atoms with Crippen molar-refractivity contribution in [3.05, 3.63) is 89.5 Å². The number of fused-ring (bicyclic) bond motifs is 1. The minimum absolute atomic E-state index is 0.0536. The fourth-order valence-electron chi connectivity index (χ4n) is 4.17. The number of hydrogen-bond acceptors (Lipinski definition) is 5. The number of ether oxygens (including phenoxy) is 2. The molecule has 0 bridgehead atoms. The van der Waals surface area contributed by atoms with E-state index in [0.717, 1.165) is 33.6 Å². The van der Waals surface area contributed by atoms with E-state index in [9.17, 15) is 4.79 Å². The summed E-state index contributed by atoms with van der Waals surface area (Å²) in [5, 5.41) is 8.02. The predicted octanol–water partition coefficient (Wildman–Crippen LogP) is 5.64. The molecular formula is C27H25N3O3S. The minimum atomic E-state index is -0.136. The van der Waals surface area contributed by atoms with Crippen LogP contribution < -0.4 is 14.8 Å². The van der Waals surface area contributed by atoms with Gasteiger partial charge in [0, 0.05) is 11.1 Å². The van der Waals surface area contributed by atoms with Crippen molar-refractivity contribution >= 4 is 23.5 Å². The Bertz CT molecular complexity index is 1330. The summed E-state index contributed by atoms with van der Waals surface area (Å²) in [6.07, 6.45) is 0. The summed E-state index contributed by atoms with van der Waals surface area (Å²) in [7, 11) is 3.25. The van der Waals surface area contributed by atoms with E-state index in [1.54, 1.807) is 26.0 Å². The summed E-state index contributed by atoms with van der Waals surface area (Å²) in [6, 6.07) is 24.1. The molecule has 0 aliphatic carbocycles. The highest BCUT2D eigenvalue weighted by Gasteiger charge is 2.33. The van der Waals surface area contributed by atoms with E-state index >= 15 is 0 Å². The van der Waals surface area contributed by atoms with Crippen LogP contribution in [0.2, 0.25) is 0 Å². The summed E-state index contributed by atoms with van der Waals surface area (Å²) in [5.74, 6) is 2.28. The molecule has 1 aromatic heterocycles. The van der Waals surface area contributed by atoms with Gasteiger partial charge in [0.15, 0.2) is 11.5 Å². The molecule has 1 aliphatic rings. The van der Waals surface area contributed by atoms with Crippen LogP contribution in [0.25, 0.3) is 16.9 Å². The number of amides is 1. The third-order valence-corrected chi connectivity index (χ3v) is 7.13. The first kappa shape index (κ1) is 22.1. The highest BCUT2D eigenvalue weighted by molar-refractivity contribution is 8.00. The zero-order chi connectivity index (χ0) is 23.7. The number of methoxy groups -OCH3 is 2. The number of nitrogens with one attached hydrogen (secondary N) is 1. The summed E-state index contributed by atoms with van der Waals surface area (Å²) in [5.41, 5.74) is 5.86. The molecule has 34 heavy (non-hydrogen) atoms. The molecular weight excluding hydrogens is 446 g/mol. The van der Waals surface area contributed by atoms with Gasteiger partial charge in [0.2, 0.25) is 5.91 Å². The molecule has 5 rings (SSSR count).